The fraction of sp³-hybridized carbons (Fsp3) is 0. The molecule has 0 N–H and O–H groups in total. The number of hydrogen-bond acceptors (Lipinski definition) is 2. The SMILES string of the molecule is c1ccc(N(c2ccccc2)c2ccc3c4cc(-c5ccc6sc7ccccc7c6c5)ccc4n(-c4cccc5ccccc45)c3c2)cc1. The summed E-state index contributed by atoms with van der Waals surface area (Å²) in [6.45, 7) is 0. The highest BCUT2D eigenvalue weighted by atomic mass is 32.1. The molecule has 0 aliphatic heterocycles. The molecule has 3 heteroatoms. The van der Waals surface area contributed by atoms with E-state index >= 15 is 0 Å². The minimum Gasteiger partial charge on any atom is -0.310 e. The quantitative estimate of drug-likeness (QED) is 0.181. The van der Waals surface area contributed by atoms with Crippen molar-refractivity contribution in [3.05, 3.63) is 182 Å². The van der Waals surface area contributed by atoms with Gasteiger partial charge >= 0.3 is 0 Å². The summed E-state index contributed by atoms with van der Waals surface area (Å²) in [5.74, 6) is 0. The van der Waals surface area contributed by atoms with Gasteiger partial charge in [0.1, 0.15) is 0 Å². The monoisotopic (exact) mass is 642 g/mol. The van der Waals surface area contributed by atoms with Crippen molar-refractivity contribution in [2.45, 2.75) is 0 Å². The van der Waals surface area contributed by atoms with Crippen LogP contribution >= 0.6 is 11.3 Å². The van der Waals surface area contributed by atoms with Crippen LogP contribution in [0.4, 0.5) is 17.1 Å². The Morgan fingerprint density at radius 1 is 0.367 bits per heavy atom. The molecule has 2 nitrogen and oxygen atoms in total. The maximum absolute atomic E-state index is 2.46. The number of aromatic nitrogens is 1. The summed E-state index contributed by atoms with van der Waals surface area (Å²) in [5, 5.41) is 7.59. The van der Waals surface area contributed by atoms with E-state index in [0.717, 1.165) is 17.1 Å². The molecule has 0 fully saturated rings. The summed E-state index contributed by atoms with van der Waals surface area (Å²) >= 11 is 1.86. The second kappa shape index (κ2) is 11.2. The number of para-hydroxylation sites is 2. The Balaban J connectivity index is 1.24. The van der Waals surface area contributed by atoms with Crippen LogP contribution in [0.25, 0.3) is 69.6 Å². The fourth-order valence-corrected chi connectivity index (χ4v) is 8.58. The molecule has 0 atom stereocenters. The van der Waals surface area contributed by atoms with Gasteiger partial charge in [0.25, 0.3) is 0 Å². The first-order valence-corrected chi connectivity index (χ1v) is 17.5. The summed E-state index contributed by atoms with van der Waals surface area (Å²) in [7, 11) is 0. The van der Waals surface area contributed by atoms with E-state index in [2.05, 4.69) is 191 Å². The van der Waals surface area contributed by atoms with E-state index in [1.165, 1.54) is 69.6 Å². The summed E-state index contributed by atoms with van der Waals surface area (Å²) in [4.78, 5) is 2.34. The smallest absolute Gasteiger partial charge is 0.0562 e. The number of nitrogens with zero attached hydrogens (tertiary/aromatic N) is 2. The average Bonchev–Trinajstić information content (AvgIpc) is 3.70. The lowest BCUT2D eigenvalue weighted by Gasteiger charge is -2.25. The molecular weight excluding hydrogens is 613 g/mol. The van der Waals surface area contributed by atoms with Gasteiger partial charge < -0.3 is 9.47 Å². The second-order valence-electron chi connectivity index (χ2n) is 12.6. The molecule has 2 aromatic heterocycles. The Labute approximate surface area is 288 Å². The van der Waals surface area contributed by atoms with Gasteiger partial charge in [-0.2, -0.15) is 0 Å². The van der Waals surface area contributed by atoms with Gasteiger partial charge in [0.05, 0.1) is 16.7 Å². The first-order valence-electron chi connectivity index (χ1n) is 16.7. The molecule has 0 bridgehead atoms. The minimum absolute atomic E-state index is 1.12. The molecule has 2 heterocycles. The van der Waals surface area contributed by atoms with Crippen molar-refractivity contribution >= 4 is 81.1 Å². The predicted octanol–water partition coefficient (Wildman–Crippen LogP) is 13.4. The molecule has 0 amide bonds. The Kier molecular flexibility index (Phi) is 6.39. The Morgan fingerprint density at radius 3 is 1.80 bits per heavy atom. The summed E-state index contributed by atoms with van der Waals surface area (Å²) < 4.78 is 5.12. The van der Waals surface area contributed by atoms with Gasteiger partial charge in [0, 0.05) is 53.4 Å². The van der Waals surface area contributed by atoms with Gasteiger partial charge in [-0.3, -0.25) is 0 Å². The number of hydrogen-bond donors (Lipinski definition) is 0. The van der Waals surface area contributed by atoms with E-state index in [9.17, 15) is 0 Å². The molecule has 230 valence electrons. The van der Waals surface area contributed by atoms with Crippen LogP contribution in [0.1, 0.15) is 0 Å². The average molecular weight is 643 g/mol. The van der Waals surface area contributed by atoms with Crippen LogP contribution in [-0.2, 0) is 0 Å². The molecule has 8 aromatic carbocycles. The van der Waals surface area contributed by atoms with Gasteiger partial charge in [-0.25, -0.2) is 0 Å². The van der Waals surface area contributed by atoms with Crippen LogP contribution in [0.5, 0.6) is 0 Å². The summed E-state index contributed by atoms with van der Waals surface area (Å²) in [6.07, 6.45) is 0. The summed E-state index contributed by atoms with van der Waals surface area (Å²) in [5.41, 5.74) is 9.38. The first kappa shape index (κ1) is 27.9. The molecule has 0 aliphatic carbocycles. The fourth-order valence-electron chi connectivity index (χ4n) is 7.50. The van der Waals surface area contributed by atoms with Gasteiger partial charge in [-0.05, 0) is 89.3 Å². The van der Waals surface area contributed by atoms with Crippen molar-refractivity contribution in [3.63, 3.8) is 0 Å². The van der Waals surface area contributed by atoms with Gasteiger partial charge in [-0.15, -0.1) is 11.3 Å². The largest absolute Gasteiger partial charge is 0.310 e. The lowest BCUT2D eigenvalue weighted by molar-refractivity contribution is 1.19. The second-order valence-corrected chi connectivity index (χ2v) is 13.7. The highest BCUT2D eigenvalue weighted by Gasteiger charge is 2.19. The van der Waals surface area contributed by atoms with Crippen LogP contribution in [-0.4, -0.2) is 4.57 Å². The molecule has 10 rings (SSSR count). The third kappa shape index (κ3) is 4.55. The van der Waals surface area contributed by atoms with E-state index in [4.69, 9.17) is 0 Å². The van der Waals surface area contributed by atoms with Crippen LogP contribution in [0.15, 0.2) is 182 Å². The van der Waals surface area contributed by atoms with E-state index in [1.54, 1.807) is 0 Å². The van der Waals surface area contributed by atoms with Crippen molar-refractivity contribution in [2.75, 3.05) is 4.90 Å². The van der Waals surface area contributed by atoms with Gasteiger partial charge in [0.2, 0.25) is 0 Å². The number of anilines is 3. The van der Waals surface area contributed by atoms with Crippen molar-refractivity contribution in [3.8, 4) is 16.8 Å². The van der Waals surface area contributed by atoms with E-state index in [-0.39, 0.29) is 0 Å². The van der Waals surface area contributed by atoms with Crippen molar-refractivity contribution in [1.29, 1.82) is 0 Å². The zero-order chi connectivity index (χ0) is 32.3. The van der Waals surface area contributed by atoms with Crippen LogP contribution in [0, 0.1) is 0 Å². The number of rotatable bonds is 5. The zero-order valence-electron chi connectivity index (χ0n) is 26.6. The normalized spacial score (nSPS) is 11.7. The van der Waals surface area contributed by atoms with E-state index < -0.39 is 0 Å². The molecular formula is C46H30N2S. The molecule has 0 radical (unpaired) electrons. The van der Waals surface area contributed by atoms with Crippen LogP contribution in [0.2, 0.25) is 0 Å². The number of fused-ring (bicyclic) bond motifs is 7. The highest BCUT2D eigenvalue weighted by Crippen LogP contribution is 2.42. The maximum Gasteiger partial charge on any atom is 0.0562 e. The number of thiophene rings is 1. The van der Waals surface area contributed by atoms with E-state index in [0.29, 0.717) is 0 Å². The highest BCUT2D eigenvalue weighted by molar-refractivity contribution is 7.25. The number of benzene rings is 8. The predicted molar refractivity (Wildman–Crippen MR) is 211 cm³/mol. The third-order valence-electron chi connectivity index (χ3n) is 9.75. The Morgan fingerprint density at radius 2 is 1.00 bits per heavy atom. The van der Waals surface area contributed by atoms with Crippen molar-refractivity contribution in [2.24, 2.45) is 0 Å². The summed E-state index contributed by atoms with van der Waals surface area (Å²) in [6, 6.07) is 66.2. The Hall–Kier alpha value is -6.16. The molecule has 0 unspecified atom stereocenters. The van der Waals surface area contributed by atoms with E-state index in [1.807, 2.05) is 11.3 Å². The topological polar surface area (TPSA) is 8.17 Å². The zero-order valence-corrected chi connectivity index (χ0v) is 27.4. The minimum atomic E-state index is 1.12. The standard InChI is InChI=1S/C46H30N2S/c1-3-14-34(15-4-1)47(35-16-5-2-6-17-35)36-24-25-38-40-28-32(33-23-27-46-41(29-33)39-19-9-10-21-45(39)49-46)22-26-43(40)48(44(38)30-36)42-20-11-13-31-12-7-8-18-37(31)42/h1-30H. The van der Waals surface area contributed by atoms with Gasteiger partial charge in [-0.1, -0.05) is 109 Å². The first-order chi connectivity index (χ1) is 24.3. The lowest BCUT2D eigenvalue weighted by Crippen LogP contribution is -2.09. The third-order valence-corrected chi connectivity index (χ3v) is 10.9. The molecule has 0 saturated carbocycles. The molecule has 0 spiro atoms. The van der Waals surface area contributed by atoms with Crippen LogP contribution in [0.3, 0.4) is 0 Å². The Bertz CT molecular complexity index is 2780. The van der Waals surface area contributed by atoms with Crippen LogP contribution < -0.4 is 4.90 Å². The lowest BCUT2D eigenvalue weighted by atomic mass is 10.0. The maximum atomic E-state index is 2.46. The van der Waals surface area contributed by atoms with Gasteiger partial charge in [0.15, 0.2) is 0 Å². The molecule has 0 saturated heterocycles. The molecule has 49 heavy (non-hydrogen) atoms. The molecule has 10 aromatic rings. The van der Waals surface area contributed by atoms with Crippen molar-refractivity contribution in [1.82, 2.24) is 4.57 Å². The van der Waals surface area contributed by atoms with Crippen molar-refractivity contribution < 1.29 is 0 Å². The molecule has 0 aliphatic rings.